The van der Waals surface area contributed by atoms with Crippen LogP contribution >= 0.6 is 0 Å². The van der Waals surface area contributed by atoms with Crippen molar-refractivity contribution in [2.75, 3.05) is 45.8 Å². The second-order valence-electron chi connectivity index (χ2n) is 6.41. The highest BCUT2D eigenvalue weighted by atomic mass is 16.4. The van der Waals surface area contributed by atoms with Gasteiger partial charge in [0, 0.05) is 39.3 Å². The van der Waals surface area contributed by atoms with Crippen LogP contribution in [0.25, 0.3) is 0 Å². The van der Waals surface area contributed by atoms with Crippen molar-refractivity contribution >= 4 is 5.96 Å². The summed E-state index contributed by atoms with van der Waals surface area (Å²) >= 11 is 0. The van der Waals surface area contributed by atoms with Gasteiger partial charge in [-0.2, -0.15) is 0 Å². The molecular weight excluding hydrogens is 292 g/mol. The third kappa shape index (κ3) is 5.55. The average molecular weight is 322 g/mol. The number of guanidine groups is 1. The molecule has 0 spiro atoms. The molecule has 1 unspecified atom stereocenters. The van der Waals surface area contributed by atoms with E-state index in [9.17, 15) is 5.11 Å². The predicted molar refractivity (Wildman–Crippen MR) is 92.5 cm³/mol. The highest BCUT2D eigenvalue weighted by Gasteiger charge is 2.20. The molecule has 0 saturated carbocycles. The van der Waals surface area contributed by atoms with Gasteiger partial charge >= 0.3 is 0 Å². The zero-order valence-corrected chi connectivity index (χ0v) is 14.5. The Morgan fingerprint density at radius 3 is 2.65 bits per heavy atom. The summed E-state index contributed by atoms with van der Waals surface area (Å²) in [5, 5.41) is 13.4. The molecule has 6 heteroatoms. The lowest BCUT2D eigenvalue weighted by Crippen LogP contribution is -2.53. The van der Waals surface area contributed by atoms with E-state index in [0.29, 0.717) is 18.2 Å². The molecule has 1 aliphatic rings. The van der Waals surface area contributed by atoms with E-state index in [1.807, 2.05) is 0 Å². The number of aliphatic hydroxyl groups excluding tert-OH is 1. The quantitative estimate of drug-likeness (QED) is 0.614. The molecule has 0 aliphatic carbocycles. The molecular formula is C17H30N4O2. The number of aliphatic hydroxyl groups is 1. The lowest BCUT2D eigenvalue weighted by molar-refractivity contribution is 0.153. The maximum atomic E-state index is 10.1. The molecule has 0 amide bonds. The number of rotatable bonds is 6. The summed E-state index contributed by atoms with van der Waals surface area (Å²) in [4.78, 5) is 9.36. The first-order valence-corrected chi connectivity index (χ1v) is 8.57. The molecule has 1 atom stereocenters. The smallest absolute Gasteiger partial charge is 0.194 e. The summed E-state index contributed by atoms with van der Waals surface area (Å²) in [6.07, 6.45) is 0.877. The molecule has 2 rings (SSSR count). The van der Waals surface area contributed by atoms with Crippen LogP contribution in [0.5, 0.6) is 0 Å². The Hall–Kier alpha value is -1.53. The van der Waals surface area contributed by atoms with E-state index < -0.39 is 6.10 Å². The van der Waals surface area contributed by atoms with Crippen LogP contribution in [0.1, 0.15) is 32.6 Å². The molecule has 2 heterocycles. The van der Waals surface area contributed by atoms with E-state index in [4.69, 9.17) is 4.42 Å². The van der Waals surface area contributed by atoms with E-state index in [1.165, 1.54) is 0 Å². The van der Waals surface area contributed by atoms with E-state index in [2.05, 4.69) is 40.9 Å². The van der Waals surface area contributed by atoms with E-state index in [1.54, 1.807) is 18.4 Å². The maximum Gasteiger partial charge on any atom is 0.194 e. The van der Waals surface area contributed by atoms with Crippen LogP contribution in [0, 0.1) is 5.92 Å². The summed E-state index contributed by atoms with van der Waals surface area (Å²) < 4.78 is 5.22. The Labute approximate surface area is 139 Å². The fourth-order valence-corrected chi connectivity index (χ4v) is 2.83. The zero-order valence-electron chi connectivity index (χ0n) is 14.5. The number of nitrogens with zero attached hydrogens (tertiary/aromatic N) is 3. The van der Waals surface area contributed by atoms with Gasteiger partial charge in [0.25, 0.3) is 0 Å². The van der Waals surface area contributed by atoms with E-state index in [-0.39, 0.29) is 0 Å². The Balaban J connectivity index is 1.89. The number of piperazine rings is 1. The number of aliphatic imine (C=N–C) groups is 1. The molecule has 1 saturated heterocycles. The largest absolute Gasteiger partial charge is 0.467 e. The SMILES string of the molecule is CCNC(=NCC(O)c1ccco1)N1CCN(CC(C)C)CC1. The van der Waals surface area contributed by atoms with Crippen LogP contribution in [0.15, 0.2) is 27.8 Å². The average Bonchev–Trinajstić information content (AvgIpc) is 3.06. The van der Waals surface area contributed by atoms with Crippen molar-refractivity contribution in [3.63, 3.8) is 0 Å². The monoisotopic (exact) mass is 322 g/mol. The van der Waals surface area contributed by atoms with Crippen molar-refractivity contribution < 1.29 is 9.52 Å². The van der Waals surface area contributed by atoms with Gasteiger partial charge < -0.3 is 19.7 Å². The van der Waals surface area contributed by atoms with E-state index >= 15 is 0 Å². The van der Waals surface area contributed by atoms with Crippen molar-refractivity contribution in [3.8, 4) is 0 Å². The van der Waals surface area contributed by atoms with Gasteiger partial charge in [-0.15, -0.1) is 0 Å². The Kier molecular flexibility index (Phi) is 6.92. The second-order valence-corrected chi connectivity index (χ2v) is 6.41. The molecule has 6 nitrogen and oxygen atoms in total. The third-order valence-corrected chi connectivity index (χ3v) is 3.92. The lowest BCUT2D eigenvalue weighted by Gasteiger charge is -2.37. The predicted octanol–water partition coefficient (Wildman–Crippen LogP) is 1.55. The Morgan fingerprint density at radius 2 is 2.09 bits per heavy atom. The molecule has 2 N–H and O–H groups in total. The fraction of sp³-hybridized carbons (Fsp3) is 0.706. The highest BCUT2D eigenvalue weighted by Crippen LogP contribution is 2.13. The number of furan rings is 1. The number of hydrogen-bond donors (Lipinski definition) is 2. The van der Waals surface area contributed by atoms with E-state index in [0.717, 1.165) is 45.2 Å². The van der Waals surface area contributed by atoms with Crippen molar-refractivity contribution in [1.82, 2.24) is 15.1 Å². The van der Waals surface area contributed by atoms with Crippen molar-refractivity contribution in [1.29, 1.82) is 0 Å². The molecule has 0 aromatic carbocycles. The Bertz CT molecular complexity index is 465. The van der Waals surface area contributed by atoms with Gasteiger partial charge in [-0.25, -0.2) is 4.99 Å². The molecule has 0 bridgehead atoms. The van der Waals surface area contributed by atoms with Gasteiger partial charge in [0.05, 0.1) is 12.8 Å². The maximum absolute atomic E-state index is 10.1. The van der Waals surface area contributed by atoms with Crippen LogP contribution in [0.3, 0.4) is 0 Å². The molecule has 0 radical (unpaired) electrons. The van der Waals surface area contributed by atoms with Gasteiger partial charge in [0.2, 0.25) is 0 Å². The summed E-state index contributed by atoms with van der Waals surface area (Å²) in [5.41, 5.74) is 0. The molecule has 1 aromatic rings. The fourth-order valence-electron chi connectivity index (χ4n) is 2.83. The highest BCUT2D eigenvalue weighted by molar-refractivity contribution is 5.80. The number of nitrogens with one attached hydrogen (secondary N) is 1. The standard InChI is InChI=1S/C17H30N4O2/c1-4-18-17(19-12-15(22)16-6-5-11-23-16)21-9-7-20(8-10-21)13-14(2)3/h5-6,11,14-15,22H,4,7-10,12-13H2,1-3H3,(H,18,19). The summed E-state index contributed by atoms with van der Waals surface area (Å²) in [6.45, 7) is 12.9. The molecule has 1 aliphatic heterocycles. The molecule has 1 fully saturated rings. The van der Waals surface area contributed by atoms with Crippen molar-refractivity contribution in [2.24, 2.45) is 10.9 Å². The first-order chi connectivity index (χ1) is 11.1. The minimum atomic E-state index is -0.694. The summed E-state index contributed by atoms with van der Waals surface area (Å²) in [6, 6.07) is 3.55. The second kappa shape index (κ2) is 8.93. The van der Waals surface area contributed by atoms with Gasteiger partial charge in [-0.05, 0) is 25.0 Å². The molecule has 130 valence electrons. The topological polar surface area (TPSA) is 64.2 Å². The van der Waals surface area contributed by atoms with Crippen LogP contribution in [0.2, 0.25) is 0 Å². The molecule has 23 heavy (non-hydrogen) atoms. The summed E-state index contributed by atoms with van der Waals surface area (Å²) in [5.74, 6) is 2.14. The van der Waals surface area contributed by atoms with Gasteiger partial charge in [-0.1, -0.05) is 13.8 Å². The van der Waals surface area contributed by atoms with Crippen LogP contribution in [0.4, 0.5) is 0 Å². The summed E-state index contributed by atoms with van der Waals surface area (Å²) in [7, 11) is 0. The minimum absolute atomic E-state index is 0.308. The lowest BCUT2D eigenvalue weighted by atomic mass is 10.2. The Morgan fingerprint density at radius 1 is 1.35 bits per heavy atom. The van der Waals surface area contributed by atoms with Gasteiger partial charge in [0.15, 0.2) is 5.96 Å². The normalized spacial score (nSPS) is 18.5. The van der Waals surface area contributed by atoms with Crippen molar-refractivity contribution in [3.05, 3.63) is 24.2 Å². The van der Waals surface area contributed by atoms with Crippen LogP contribution in [-0.4, -0.2) is 66.7 Å². The van der Waals surface area contributed by atoms with Crippen LogP contribution < -0.4 is 5.32 Å². The minimum Gasteiger partial charge on any atom is -0.467 e. The number of hydrogen-bond acceptors (Lipinski definition) is 4. The van der Waals surface area contributed by atoms with Crippen molar-refractivity contribution in [2.45, 2.75) is 26.9 Å². The van der Waals surface area contributed by atoms with Crippen LogP contribution in [-0.2, 0) is 0 Å². The van der Waals surface area contributed by atoms with Gasteiger partial charge in [0.1, 0.15) is 11.9 Å². The first kappa shape index (κ1) is 17.8. The van der Waals surface area contributed by atoms with Gasteiger partial charge in [-0.3, -0.25) is 4.90 Å². The zero-order chi connectivity index (χ0) is 16.7. The molecule has 1 aromatic heterocycles. The third-order valence-electron chi connectivity index (χ3n) is 3.92. The first-order valence-electron chi connectivity index (χ1n) is 8.57.